The van der Waals surface area contributed by atoms with Crippen molar-refractivity contribution in [3.8, 4) is 0 Å². The molecule has 0 aliphatic heterocycles. The van der Waals surface area contributed by atoms with Crippen molar-refractivity contribution in [3.63, 3.8) is 0 Å². The van der Waals surface area contributed by atoms with Gasteiger partial charge in [0.05, 0.1) is 5.60 Å². The molecule has 0 saturated heterocycles. The minimum Gasteiger partial charge on any atom is -0.443 e. The van der Waals surface area contributed by atoms with Gasteiger partial charge in [0, 0.05) is 0 Å². The van der Waals surface area contributed by atoms with E-state index >= 15 is 0 Å². The Morgan fingerprint density at radius 2 is 2.00 bits per heavy atom. The van der Waals surface area contributed by atoms with E-state index in [0.29, 0.717) is 23.9 Å². The Hall–Kier alpha value is -2.15. The maximum Gasteiger partial charge on any atom is 0.428 e. The molecule has 7 heteroatoms. The van der Waals surface area contributed by atoms with Gasteiger partial charge in [-0.25, -0.2) is 10.2 Å². The van der Waals surface area contributed by atoms with E-state index in [2.05, 4.69) is 15.7 Å². The van der Waals surface area contributed by atoms with E-state index in [1.54, 1.807) is 34.6 Å². The third-order valence-corrected chi connectivity index (χ3v) is 3.15. The minimum atomic E-state index is -0.765. The topological polar surface area (TPSA) is 89.3 Å². The molecule has 7 nitrogen and oxygen atoms in total. The van der Waals surface area contributed by atoms with E-state index in [4.69, 9.17) is 4.74 Å². The highest BCUT2D eigenvalue weighted by atomic mass is 16.6. The molecule has 2 aromatic rings. The first-order valence-electron chi connectivity index (χ1n) is 7.61. The van der Waals surface area contributed by atoms with Crippen LogP contribution >= 0.6 is 0 Å². The van der Waals surface area contributed by atoms with Crippen LogP contribution in [0.4, 0.5) is 4.79 Å². The van der Waals surface area contributed by atoms with Crippen molar-refractivity contribution in [2.24, 2.45) is 0 Å². The number of benzene rings is 1. The molecule has 2 rings (SSSR count). The molecule has 0 spiro atoms. The lowest BCUT2D eigenvalue weighted by Gasteiger charge is -2.20. The van der Waals surface area contributed by atoms with Crippen LogP contribution in [0.3, 0.4) is 0 Å². The summed E-state index contributed by atoms with van der Waals surface area (Å²) in [6.45, 7) is 8.91. The number of carbonyl (C=O) groups excluding carboxylic acids is 1. The lowest BCUT2D eigenvalue weighted by molar-refractivity contribution is 0.0609. The van der Waals surface area contributed by atoms with Crippen molar-refractivity contribution in [2.75, 3.05) is 5.43 Å². The monoisotopic (exact) mass is 320 g/mol. The predicted molar refractivity (Wildman–Crippen MR) is 87.7 cm³/mol. The van der Waals surface area contributed by atoms with Crippen molar-refractivity contribution < 1.29 is 14.6 Å². The fourth-order valence-electron chi connectivity index (χ4n) is 2.15. The van der Waals surface area contributed by atoms with E-state index in [1.807, 2.05) is 18.2 Å². The molecule has 1 aromatic carbocycles. The van der Waals surface area contributed by atoms with Crippen molar-refractivity contribution >= 4 is 17.1 Å². The molecule has 0 radical (unpaired) electrons. The number of nitrogens with zero attached hydrogens (tertiary/aromatic N) is 3. The smallest absolute Gasteiger partial charge is 0.428 e. The summed E-state index contributed by atoms with van der Waals surface area (Å²) >= 11 is 0. The molecule has 126 valence electrons. The number of amides is 1. The maximum atomic E-state index is 11.9. The van der Waals surface area contributed by atoms with Crippen LogP contribution in [0.2, 0.25) is 0 Å². The molecule has 0 aliphatic carbocycles. The van der Waals surface area contributed by atoms with Crippen LogP contribution < -0.4 is 5.43 Å². The number of carbonyl (C=O) groups is 1. The number of aromatic nitrogens is 3. The zero-order chi connectivity index (χ0) is 17.3. The molecule has 0 fully saturated rings. The van der Waals surface area contributed by atoms with Gasteiger partial charge < -0.3 is 9.84 Å². The maximum absolute atomic E-state index is 11.9. The Morgan fingerprint density at radius 1 is 1.30 bits per heavy atom. The van der Waals surface area contributed by atoms with Gasteiger partial charge >= 0.3 is 6.09 Å². The summed E-state index contributed by atoms with van der Waals surface area (Å²) in [5.41, 5.74) is 3.56. The minimum absolute atomic E-state index is 0.587. The van der Waals surface area contributed by atoms with Gasteiger partial charge in [-0.2, -0.15) is 0 Å². The number of hydrogen-bond donors (Lipinski definition) is 2. The van der Waals surface area contributed by atoms with Gasteiger partial charge in [0.25, 0.3) is 0 Å². The number of aliphatic hydroxyl groups is 1. The molecule has 0 aliphatic rings. The number of nitrogens with one attached hydrogen (secondary N) is 1. The molecule has 0 unspecified atom stereocenters. The van der Waals surface area contributed by atoms with Gasteiger partial charge in [-0.05, 0) is 64.3 Å². The average molecular weight is 320 g/mol. The number of para-hydroxylation sites is 1. The first kappa shape index (κ1) is 17.2. The van der Waals surface area contributed by atoms with Crippen molar-refractivity contribution in [3.05, 3.63) is 23.8 Å². The van der Waals surface area contributed by atoms with Gasteiger partial charge in [0.2, 0.25) is 0 Å². The molecular formula is C16H24N4O3. The summed E-state index contributed by atoms with van der Waals surface area (Å²) in [7, 11) is 0. The number of ether oxygens (including phenoxy) is 1. The SMILES string of the molecule is CC(C)(O)CCc1cccc2nnn(NC(=O)OC(C)(C)C)c12. The Balaban J connectivity index is 2.26. The van der Waals surface area contributed by atoms with Crippen molar-refractivity contribution in [1.82, 2.24) is 15.1 Å². The number of fused-ring (bicyclic) bond motifs is 1. The number of rotatable bonds is 4. The summed E-state index contributed by atoms with van der Waals surface area (Å²) in [4.78, 5) is 13.3. The van der Waals surface area contributed by atoms with Crippen molar-refractivity contribution in [2.45, 2.75) is 58.7 Å². The third-order valence-electron chi connectivity index (χ3n) is 3.15. The molecule has 1 heterocycles. The standard InChI is InChI=1S/C16H24N4O3/c1-15(2,3)23-14(21)18-20-13-11(9-10-16(4,5)22)7-6-8-12(13)17-19-20/h6-8,22H,9-10H2,1-5H3,(H,18,21). The first-order chi connectivity index (χ1) is 10.6. The third kappa shape index (κ3) is 4.92. The van der Waals surface area contributed by atoms with Crippen molar-refractivity contribution in [1.29, 1.82) is 0 Å². The van der Waals surface area contributed by atoms with Crippen LogP contribution in [-0.2, 0) is 11.2 Å². The van der Waals surface area contributed by atoms with Gasteiger partial charge in [0.1, 0.15) is 16.6 Å². The summed E-state index contributed by atoms with van der Waals surface area (Å²) < 4.78 is 5.24. The Bertz CT molecular complexity index is 695. The highest BCUT2D eigenvalue weighted by Crippen LogP contribution is 2.20. The summed E-state index contributed by atoms with van der Waals surface area (Å²) in [5.74, 6) is 0. The quantitative estimate of drug-likeness (QED) is 0.904. The van der Waals surface area contributed by atoms with E-state index < -0.39 is 17.3 Å². The Kier molecular flexibility index (Phi) is 4.61. The van der Waals surface area contributed by atoms with Crippen LogP contribution in [0.1, 0.15) is 46.6 Å². The number of hydrogen-bond acceptors (Lipinski definition) is 5. The average Bonchev–Trinajstić information content (AvgIpc) is 2.77. The molecule has 0 saturated carbocycles. The fourth-order valence-corrected chi connectivity index (χ4v) is 2.15. The molecule has 1 amide bonds. The molecule has 0 bridgehead atoms. The fraction of sp³-hybridized carbons (Fsp3) is 0.562. The van der Waals surface area contributed by atoms with E-state index in [-0.39, 0.29) is 0 Å². The largest absolute Gasteiger partial charge is 0.443 e. The second-order valence-corrected chi connectivity index (χ2v) is 7.21. The van der Waals surface area contributed by atoms with Gasteiger partial charge in [-0.1, -0.05) is 12.1 Å². The molecule has 23 heavy (non-hydrogen) atoms. The molecule has 2 N–H and O–H groups in total. The molecular weight excluding hydrogens is 296 g/mol. The van der Waals surface area contributed by atoms with Gasteiger partial charge in [0.15, 0.2) is 0 Å². The van der Waals surface area contributed by atoms with Crippen LogP contribution in [0.25, 0.3) is 11.0 Å². The lowest BCUT2D eigenvalue weighted by Crippen LogP contribution is -2.32. The van der Waals surface area contributed by atoms with Crippen LogP contribution in [0, 0.1) is 0 Å². The predicted octanol–water partition coefficient (Wildman–Crippen LogP) is 2.61. The Labute approximate surface area is 135 Å². The highest BCUT2D eigenvalue weighted by molar-refractivity contribution is 5.82. The lowest BCUT2D eigenvalue weighted by atomic mass is 9.98. The summed E-state index contributed by atoms with van der Waals surface area (Å²) in [5, 5.41) is 17.9. The zero-order valence-electron chi connectivity index (χ0n) is 14.3. The number of aryl methyl sites for hydroxylation is 1. The van der Waals surface area contributed by atoms with Gasteiger partial charge in [-0.15, -0.1) is 9.89 Å². The first-order valence-corrected chi connectivity index (χ1v) is 7.61. The van der Waals surface area contributed by atoms with E-state index in [9.17, 15) is 9.90 Å². The zero-order valence-corrected chi connectivity index (χ0v) is 14.3. The van der Waals surface area contributed by atoms with Crippen LogP contribution in [-0.4, -0.2) is 37.5 Å². The van der Waals surface area contributed by atoms with Gasteiger partial charge in [-0.3, -0.25) is 0 Å². The normalized spacial score (nSPS) is 12.4. The van der Waals surface area contributed by atoms with Crippen LogP contribution in [0.5, 0.6) is 0 Å². The highest BCUT2D eigenvalue weighted by Gasteiger charge is 2.19. The Morgan fingerprint density at radius 3 is 2.61 bits per heavy atom. The van der Waals surface area contributed by atoms with E-state index in [0.717, 1.165) is 5.56 Å². The molecule has 1 aromatic heterocycles. The molecule has 0 atom stereocenters. The van der Waals surface area contributed by atoms with E-state index in [1.165, 1.54) is 4.79 Å². The summed E-state index contributed by atoms with van der Waals surface area (Å²) in [6, 6.07) is 5.64. The second-order valence-electron chi connectivity index (χ2n) is 7.21. The second kappa shape index (κ2) is 6.16. The summed E-state index contributed by atoms with van der Waals surface area (Å²) in [6.07, 6.45) is 0.634. The van der Waals surface area contributed by atoms with Crippen LogP contribution in [0.15, 0.2) is 18.2 Å².